The summed E-state index contributed by atoms with van der Waals surface area (Å²) in [5.74, 6) is 0.605. The molecule has 1 aromatic heterocycles. The maximum Gasteiger partial charge on any atom is 0.261 e. The molecule has 5 rings (SSSR count). The molecule has 0 saturated carbocycles. The lowest BCUT2D eigenvalue weighted by Gasteiger charge is -2.35. The van der Waals surface area contributed by atoms with Gasteiger partial charge in [0.1, 0.15) is 5.82 Å². The Morgan fingerprint density at radius 3 is 2.53 bits per heavy atom. The van der Waals surface area contributed by atoms with Crippen LogP contribution in [0.5, 0.6) is 0 Å². The number of fused-ring (bicyclic) bond motifs is 2. The zero-order valence-electron chi connectivity index (χ0n) is 17.0. The van der Waals surface area contributed by atoms with Gasteiger partial charge in [0.05, 0.1) is 16.6 Å². The van der Waals surface area contributed by atoms with E-state index in [1.54, 1.807) is 24.3 Å². The van der Waals surface area contributed by atoms with Gasteiger partial charge in [-0.3, -0.25) is 14.5 Å². The maximum atomic E-state index is 12.6. The van der Waals surface area contributed by atoms with Gasteiger partial charge in [-0.25, -0.2) is 4.98 Å². The highest BCUT2D eigenvalue weighted by Gasteiger charge is 2.35. The SMILES string of the molecule is Cc1cccc2ccc(N3CCNC(CCN4C(=O)c5ccccc5C4=O)C3)nc12. The number of piperazine rings is 1. The lowest BCUT2D eigenvalue weighted by molar-refractivity contribution is 0.0648. The Hall–Kier alpha value is -3.25. The summed E-state index contributed by atoms with van der Waals surface area (Å²) < 4.78 is 0. The molecule has 6 heteroatoms. The number of imide groups is 1. The number of anilines is 1. The van der Waals surface area contributed by atoms with Gasteiger partial charge in [-0.15, -0.1) is 0 Å². The number of pyridine rings is 1. The van der Waals surface area contributed by atoms with Crippen molar-refractivity contribution in [1.82, 2.24) is 15.2 Å². The van der Waals surface area contributed by atoms with Crippen LogP contribution in [0.3, 0.4) is 0 Å². The van der Waals surface area contributed by atoms with Crippen LogP contribution < -0.4 is 10.2 Å². The fourth-order valence-electron chi connectivity index (χ4n) is 4.42. The summed E-state index contributed by atoms with van der Waals surface area (Å²) in [7, 11) is 0. The second-order valence-corrected chi connectivity index (χ2v) is 8.01. The van der Waals surface area contributed by atoms with E-state index in [4.69, 9.17) is 4.98 Å². The third-order valence-corrected chi connectivity index (χ3v) is 6.07. The molecule has 3 heterocycles. The van der Waals surface area contributed by atoms with Crippen LogP contribution in [-0.2, 0) is 0 Å². The van der Waals surface area contributed by atoms with Gasteiger partial charge in [-0.05, 0) is 43.2 Å². The number of rotatable bonds is 4. The number of benzene rings is 2. The molecule has 2 amide bonds. The average molecular weight is 400 g/mol. The first-order valence-electron chi connectivity index (χ1n) is 10.4. The first-order chi connectivity index (χ1) is 14.6. The summed E-state index contributed by atoms with van der Waals surface area (Å²) in [5, 5.41) is 4.67. The van der Waals surface area contributed by atoms with E-state index in [1.807, 2.05) is 0 Å². The Kier molecular flexibility index (Phi) is 4.71. The zero-order valence-corrected chi connectivity index (χ0v) is 17.0. The van der Waals surface area contributed by atoms with E-state index in [0.717, 1.165) is 36.4 Å². The summed E-state index contributed by atoms with van der Waals surface area (Å²) in [6.07, 6.45) is 0.717. The Morgan fingerprint density at radius 2 is 1.77 bits per heavy atom. The van der Waals surface area contributed by atoms with Crippen molar-refractivity contribution in [2.75, 3.05) is 31.1 Å². The molecule has 2 aliphatic rings. The van der Waals surface area contributed by atoms with E-state index in [9.17, 15) is 9.59 Å². The molecule has 1 fully saturated rings. The Labute approximate surface area is 175 Å². The highest BCUT2D eigenvalue weighted by Crippen LogP contribution is 2.24. The molecule has 0 radical (unpaired) electrons. The summed E-state index contributed by atoms with van der Waals surface area (Å²) in [6, 6.07) is 17.7. The van der Waals surface area contributed by atoms with Crippen LogP contribution in [0.15, 0.2) is 54.6 Å². The van der Waals surface area contributed by atoms with E-state index in [-0.39, 0.29) is 17.9 Å². The fraction of sp³-hybridized carbons (Fsp3) is 0.292. The number of nitrogens with zero attached hydrogens (tertiary/aromatic N) is 3. The van der Waals surface area contributed by atoms with Crippen LogP contribution in [0.1, 0.15) is 32.7 Å². The quantitative estimate of drug-likeness (QED) is 0.682. The molecular formula is C24H24N4O2. The van der Waals surface area contributed by atoms with Gasteiger partial charge >= 0.3 is 0 Å². The maximum absolute atomic E-state index is 12.6. The lowest BCUT2D eigenvalue weighted by atomic mass is 10.1. The Morgan fingerprint density at radius 1 is 1.00 bits per heavy atom. The summed E-state index contributed by atoms with van der Waals surface area (Å²) in [6.45, 7) is 5.03. The number of aromatic nitrogens is 1. The molecule has 1 atom stereocenters. The van der Waals surface area contributed by atoms with E-state index in [1.165, 1.54) is 10.5 Å². The van der Waals surface area contributed by atoms with Crippen LogP contribution in [-0.4, -0.2) is 53.9 Å². The van der Waals surface area contributed by atoms with Gasteiger partial charge in [0.2, 0.25) is 0 Å². The third kappa shape index (κ3) is 3.23. The number of para-hydroxylation sites is 1. The molecule has 0 aliphatic carbocycles. The number of carbonyl (C=O) groups excluding carboxylic acids is 2. The predicted molar refractivity (Wildman–Crippen MR) is 117 cm³/mol. The molecule has 0 spiro atoms. The van der Waals surface area contributed by atoms with Crippen LogP contribution in [0.25, 0.3) is 10.9 Å². The van der Waals surface area contributed by atoms with Crippen molar-refractivity contribution in [2.45, 2.75) is 19.4 Å². The summed E-state index contributed by atoms with van der Waals surface area (Å²) >= 11 is 0. The number of amides is 2. The van der Waals surface area contributed by atoms with Crippen molar-refractivity contribution >= 4 is 28.5 Å². The number of nitrogens with one attached hydrogen (secondary N) is 1. The fourth-order valence-corrected chi connectivity index (χ4v) is 4.42. The lowest BCUT2D eigenvalue weighted by Crippen LogP contribution is -2.52. The average Bonchev–Trinajstić information content (AvgIpc) is 3.03. The van der Waals surface area contributed by atoms with Crippen LogP contribution >= 0.6 is 0 Å². The highest BCUT2D eigenvalue weighted by molar-refractivity contribution is 6.21. The van der Waals surface area contributed by atoms with Crippen LogP contribution in [0.2, 0.25) is 0 Å². The molecular weight excluding hydrogens is 376 g/mol. The molecule has 2 aliphatic heterocycles. The van der Waals surface area contributed by atoms with Crippen molar-refractivity contribution in [3.05, 3.63) is 71.3 Å². The smallest absolute Gasteiger partial charge is 0.261 e. The first-order valence-corrected chi connectivity index (χ1v) is 10.4. The van der Waals surface area contributed by atoms with Crippen molar-refractivity contribution in [3.63, 3.8) is 0 Å². The van der Waals surface area contributed by atoms with Crippen molar-refractivity contribution in [3.8, 4) is 0 Å². The second-order valence-electron chi connectivity index (χ2n) is 8.01. The topological polar surface area (TPSA) is 65.5 Å². The second kappa shape index (κ2) is 7.54. The number of hydrogen-bond acceptors (Lipinski definition) is 5. The molecule has 6 nitrogen and oxygen atoms in total. The molecule has 1 saturated heterocycles. The minimum Gasteiger partial charge on any atom is -0.354 e. The van der Waals surface area contributed by atoms with Gasteiger partial charge in [0.25, 0.3) is 11.8 Å². The zero-order chi connectivity index (χ0) is 20.7. The van der Waals surface area contributed by atoms with Crippen molar-refractivity contribution in [2.24, 2.45) is 0 Å². The molecule has 152 valence electrons. The van der Waals surface area contributed by atoms with Gasteiger partial charge in [-0.2, -0.15) is 0 Å². The predicted octanol–water partition coefficient (Wildman–Crippen LogP) is 3.01. The summed E-state index contributed by atoms with van der Waals surface area (Å²) in [4.78, 5) is 33.7. The van der Waals surface area contributed by atoms with E-state index >= 15 is 0 Å². The molecule has 30 heavy (non-hydrogen) atoms. The van der Waals surface area contributed by atoms with Crippen molar-refractivity contribution in [1.29, 1.82) is 0 Å². The number of aryl methyl sites for hydroxylation is 1. The minimum absolute atomic E-state index is 0.185. The van der Waals surface area contributed by atoms with Crippen LogP contribution in [0.4, 0.5) is 5.82 Å². The van der Waals surface area contributed by atoms with Gasteiger partial charge in [0.15, 0.2) is 0 Å². The molecule has 1 N–H and O–H groups in total. The van der Waals surface area contributed by atoms with E-state index in [0.29, 0.717) is 24.1 Å². The standard InChI is InChI=1S/C24H24N4O2/c1-16-5-4-6-17-9-10-21(26-22(16)17)27-14-12-25-18(15-27)11-13-28-23(29)19-7-2-3-8-20(19)24(28)30/h2-10,18,25H,11-15H2,1H3. The monoisotopic (exact) mass is 400 g/mol. The number of carbonyl (C=O) groups is 2. The van der Waals surface area contributed by atoms with E-state index in [2.05, 4.69) is 47.5 Å². The Balaban J connectivity index is 1.27. The summed E-state index contributed by atoms with van der Waals surface area (Å²) in [5.41, 5.74) is 3.23. The molecule has 1 unspecified atom stereocenters. The largest absolute Gasteiger partial charge is 0.354 e. The normalized spacial score (nSPS) is 18.9. The van der Waals surface area contributed by atoms with Crippen LogP contribution in [0, 0.1) is 6.92 Å². The van der Waals surface area contributed by atoms with Gasteiger partial charge in [-0.1, -0.05) is 30.3 Å². The van der Waals surface area contributed by atoms with Gasteiger partial charge in [0, 0.05) is 37.6 Å². The third-order valence-electron chi connectivity index (χ3n) is 6.07. The number of hydrogen-bond donors (Lipinski definition) is 1. The highest BCUT2D eigenvalue weighted by atomic mass is 16.2. The molecule has 2 aromatic carbocycles. The first kappa shape index (κ1) is 18.8. The molecule has 3 aromatic rings. The van der Waals surface area contributed by atoms with Gasteiger partial charge < -0.3 is 10.2 Å². The van der Waals surface area contributed by atoms with Crippen molar-refractivity contribution < 1.29 is 9.59 Å². The Bertz CT molecular complexity index is 1110. The van der Waals surface area contributed by atoms with E-state index < -0.39 is 0 Å². The minimum atomic E-state index is -0.185. The molecule has 0 bridgehead atoms.